The number of rotatable bonds is 0. The van der Waals surface area contributed by atoms with Gasteiger partial charge in [0.15, 0.2) is 0 Å². The van der Waals surface area contributed by atoms with Gasteiger partial charge in [-0.25, -0.2) is 9.98 Å². The minimum atomic E-state index is -0.0193. The molecule has 0 aliphatic carbocycles. The molecule has 0 amide bonds. The van der Waals surface area contributed by atoms with Crippen molar-refractivity contribution < 1.29 is 0 Å². The molecule has 0 spiro atoms. The Balaban J connectivity index is 2.93. The monoisotopic (exact) mass is 149 g/mol. The minimum Gasteiger partial charge on any atom is -0.231 e. The topological polar surface area (TPSA) is 37.1 Å². The van der Waals surface area contributed by atoms with Crippen LogP contribution in [0.4, 0.5) is 0 Å². The van der Waals surface area contributed by atoms with Crippen molar-refractivity contribution in [2.75, 3.05) is 0 Å². The summed E-state index contributed by atoms with van der Waals surface area (Å²) in [7, 11) is 0. The zero-order valence-electron chi connectivity index (χ0n) is 7.00. The SMILES string of the molecule is CC(C)(C)C1=NC=C=NC=N1. The van der Waals surface area contributed by atoms with Gasteiger partial charge in [-0.15, -0.1) is 0 Å². The maximum atomic E-state index is 4.08. The molecule has 0 radical (unpaired) electrons. The molecule has 1 rings (SSSR count). The Morgan fingerprint density at radius 1 is 1.36 bits per heavy atom. The second-order valence-corrected chi connectivity index (χ2v) is 3.33. The van der Waals surface area contributed by atoms with Gasteiger partial charge < -0.3 is 0 Å². The van der Waals surface area contributed by atoms with Crippen LogP contribution in [0.15, 0.2) is 21.2 Å². The molecule has 1 aliphatic heterocycles. The van der Waals surface area contributed by atoms with Crippen LogP contribution in [0, 0.1) is 5.41 Å². The molecule has 58 valence electrons. The van der Waals surface area contributed by atoms with Gasteiger partial charge >= 0.3 is 0 Å². The van der Waals surface area contributed by atoms with E-state index >= 15 is 0 Å². The van der Waals surface area contributed by atoms with E-state index in [2.05, 4.69) is 41.6 Å². The van der Waals surface area contributed by atoms with Crippen molar-refractivity contribution in [1.82, 2.24) is 0 Å². The third-order valence-corrected chi connectivity index (χ3v) is 1.23. The number of hydrogen-bond donors (Lipinski definition) is 0. The van der Waals surface area contributed by atoms with Gasteiger partial charge in [0.2, 0.25) is 0 Å². The van der Waals surface area contributed by atoms with E-state index in [1.54, 1.807) is 0 Å². The quantitative estimate of drug-likeness (QED) is 0.502. The predicted molar refractivity (Wildman–Crippen MR) is 47.4 cm³/mol. The first-order valence-corrected chi connectivity index (χ1v) is 3.48. The molecule has 0 saturated heterocycles. The van der Waals surface area contributed by atoms with Crippen molar-refractivity contribution in [3.8, 4) is 0 Å². The molecule has 0 fully saturated rings. The predicted octanol–water partition coefficient (Wildman–Crippen LogP) is 1.66. The zero-order chi connectivity index (χ0) is 8.32. The van der Waals surface area contributed by atoms with Crippen LogP contribution in [0.5, 0.6) is 0 Å². The zero-order valence-corrected chi connectivity index (χ0v) is 7.00. The highest BCUT2D eigenvalue weighted by atomic mass is 15.0. The van der Waals surface area contributed by atoms with E-state index in [0.29, 0.717) is 0 Å². The standard InChI is InChI=1S/C8H11N3/c1-8(2,3)7-10-5-4-9-6-11-7/h5-6H,1-3H3. The molecule has 3 nitrogen and oxygen atoms in total. The van der Waals surface area contributed by atoms with E-state index in [-0.39, 0.29) is 5.41 Å². The summed E-state index contributed by atoms with van der Waals surface area (Å²) in [6, 6.07) is 0. The summed E-state index contributed by atoms with van der Waals surface area (Å²) in [4.78, 5) is 11.9. The molecule has 3 heteroatoms. The molecule has 11 heavy (non-hydrogen) atoms. The summed E-state index contributed by atoms with van der Waals surface area (Å²) in [6.07, 6.45) is 3.00. The second-order valence-electron chi connectivity index (χ2n) is 3.33. The molecule has 1 aliphatic rings. The average Bonchev–Trinajstić information content (AvgIpc) is 2.10. The van der Waals surface area contributed by atoms with E-state index in [0.717, 1.165) is 5.84 Å². The van der Waals surface area contributed by atoms with Crippen LogP contribution < -0.4 is 0 Å². The first-order chi connectivity index (χ1) is 5.11. The van der Waals surface area contributed by atoms with Gasteiger partial charge in [0.25, 0.3) is 0 Å². The van der Waals surface area contributed by atoms with E-state index in [1.807, 2.05) is 0 Å². The second kappa shape index (κ2) is 2.81. The summed E-state index contributed by atoms with van der Waals surface area (Å²) >= 11 is 0. The van der Waals surface area contributed by atoms with Gasteiger partial charge in [0.05, 0.1) is 6.20 Å². The van der Waals surface area contributed by atoms with Crippen LogP contribution >= 0.6 is 0 Å². The van der Waals surface area contributed by atoms with Gasteiger partial charge in [0.1, 0.15) is 12.2 Å². The molecule has 0 aromatic heterocycles. The summed E-state index contributed by atoms with van der Waals surface area (Å²) in [6.45, 7) is 6.17. The molecular formula is C8H11N3. The van der Waals surface area contributed by atoms with Crippen molar-refractivity contribution >= 4 is 18.0 Å². The molecule has 1 heterocycles. The highest BCUT2D eigenvalue weighted by Gasteiger charge is 2.17. The van der Waals surface area contributed by atoms with Crippen molar-refractivity contribution in [3.05, 3.63) is 6.20 Å². The molecule has 0 atom stereocenters. The third kappa shape index (κ3) is 2.13. The fraction of sp³-hybridized carbons (Fsp3) is 0.500. The van der Waals surface area contributed by atoms with Crippen molar-refractivity contribution in [1.29, 1.82) is 0 Å². The molecule has 0 saturated carbocycles. The Morgan fingerprint density at radius 3 is 2.73 bits per heavy atom. The lowest BCUT2D eigenvalue weighted by Gasteiger charge is -2.15. The Kier molecular flexibility index (Phi) is 2.01. The van der Waals surface area contributed by atoms with Crippen LogP contribution in [0.25, 0.3) is 0 Å². The van der Waals surface area contributed by atoms with Gasteiger partial charge in [-0.05, 0) is 0 Å². The van der Waals surface area contributed by atoms with Crippen LogP contribution in [0.3, 0.4) is 0 Å². The lowest BCUT2D eigenvalue weighted by Crippen LogP contribution is -2.17. The molecular weight excluding hydrogens is 138 g/mol. The highest BCUT2D eigenvalue weighted by molar-refractivity contribution is 5.95. The van der Waals surface area contributed by atoms with Crippen LogP contribution in [-0.4, -0.2) is 18.0 Å². The average molecular weight is 149 g/mol. The first kappa shape index (κ1) is 7.89. The van der Waals surface area contributed by atoms with E-state index in [1.165, 1.54) is 12.5 Å². The summed E-state index contributed by atoms with van der Waals surface area (Å²) in [5.41, 5.74) is -0.0193. The normalized spacial score (nSPS) is 16.5. The number of hydrogen-bond acceptors (Lipinski definition) is 3. The van der Waals surface area contributed by atoms with Gasteiger partial charge in [-0.1, -0.05) is 20.8 Å². The van der Waals surface area contributed by atoms with E-state index in [4.69, 9.17) is 0 Å². The first-order valence-electron chi connectivity index (χ1n) is 3.48. The van der Waals surface area contributed by atoms with Crippen LogP contribution in [-0.2, 0) is 0 Å². The summed E-state index contributed by atoms with van der Waals surface area (Å²) < 4.78 is 0. The number of nitrogens with zero attached hydrogens (tertiary/aromatic N) is 3. The van der Waals surface area contributed by atoms with Crippen molar-refractivity contribution in [2.45, 2.75) is 20.8 Å². The van der Waals surface area contributed by atoms with Gasteiger partial charge in [-0.2, -0.15) is 4.99 Å². The van der Waals surface area contributed by atoms with Gasteiger partial charge in [0, 0.05) is 11.3 Å². The fourth-order valence-electron chi connectivity index (χ4n) is 0.661. The van der Waals surface area contributed by atoms with Crippen LogP contribution in [0.2, 0.25) is 0 Å². The molecule has 0 unspecified atom stereocenters. The van der Waals surface area contributed by atoms with Crippen molar-refractivity contribution in [3.63, 3.8) is 0 Å². The summed E-state index contributed by atoms with van der Waals surface area (Å²) in [5.74, 6) is 3.40. The maximum absolute atomic E-state index is 4.08. The smallest absolute Gasteiger partial charge is 0.136 e. The largest absolute Gasteiger partial charge is 0.231 e. The summed E-state index contributed by atoms with van der Waals surface area (Å²) in [5, 5.41) is 0. The lowest BCUT2D eigenvalue weighted by atomic mass is 9.95. The van der Waals surface area contributed by atoms with Crippen molar-refractivity contribution in [2.24, 2.45) is 20.4 Å². The lowest BCUT2D eigenvalue weighted by molar-refractivity contribution is 0.585. The molecule has 0 bridgehead atoms. The van der Waals surface area contributed by atoms with Gasteiger partial charge in [-0.3, -0.25) is 0 Å². The Labute approximate surface area is 66.3 Å². The maximum Gasteiger partial charge on any atom is 0.136 e. The third-order valence-electron chi connectivity index (χ3n) is 1.23. The Bertz CT molecular complexity index is 260. The minimum absolute atomic E-state index is 0.0193. The molecule has 0 aromatic rings. The van der Waals surface area contributed by atoms with E-state index in [9.17, 15) is 0 Å². The number of amidine groups is 1. The number of aliphatic imine (C=N–C) groups is 3. The fourth-order valence-corrected chi connectivity index (χ4v) is 0.661. The van der Waals surface area contributed by atoms with Crippen LogP contribution in [0.1, 0.15) is 20.8 Å². The van der Waals surface area contributed by atoms with E-state index < -0.39 is 0 Å². The Hall–Kier alpha value is -1.21. The Morgan fingerprint density at radius 2 is 2.09 bits per heavy atom. The molecule has 0 aromatic carbocycles. The molecule has 0 N–H and O–H groups in total. The highest BCUT2D eigenvalue weighted by Crippen LogP contribution is 2.17.